The number of esters is 1. The van der Waals surface area contributed by atoms with Gasteiger partial charge in [-0.25, -0.2) is 4.79 Å². The summed E-state index contributed by atoms with van der Waals surface area (Å²) in [5.41, 5.74) is 0.746. The summed E-state index contributed by atoms with van der Waals surface area (Å²) >= 11 is 0. The second kappa shape index (κ2) is 3.30. The van der Waals surface area contributed by atoms with Gasteiger partial charge in [0.05, 0.1) is 18.4 Å². The van der Waals surface area contributed by atoms with Gasteiger partial charge in [-0.15, -0.1) is 0 Å². The summed E-state index contributed by atoms with van der Waals surface area (Å²) in [7, 11) is 1.28. The Morgan fingerprint density at radius 2 is 2.33 bits per heavy atom. The molecule has 0 aliphatic carbocycles. The average molecular weight is 167 g/mol. The van der Waals surface area contributed by atoms with E-state index in [2.05, 4.69) is 9.73 Å². The Morgan fingerprint density at radius 3 is 2.83 bits per heavy atom. The van der Waals surface area contributed by atoms with Crippen LogP contribution in [-0.4, -0.2) is 24.6 Å². The second-order valence-electron chi connectivity index (χ2n) is 2.46. The van der Waals surface area contributed by atoms with Gasteiger partial charge in [0, 0.05) is 12.6 Å². The van der Waals surface area contributed by atoms with Crippen molar-refractivity contribution in [1.29, 1.82) is 0 Å². The number of nitrogens with zero attached hydrogens (tertiary/aromatic N) is 1. The first-order valence-electron chi connectivity index (χ1n) is 3.50. The van der Waals surface area contributed by atoms with E-state index in [1.807, 2.05) is 0 Å². The average Bonchev–Trinajstić information content (AvgIpc) is 2.08. The van der Waals surface area contributed by atoms with Gasteiger partial charge in [0.15, 0.2) is 5.78 Å². The molecule has 64 valence electrons. The summed E-state index contributed by atoms with van der Waals surface area (Å²) in [6.07, 6.45) is 1.48. The third kappa shape index (κ3) is 1.58. The first-order chi connectivity index (χ1) is 5.65. The molecular weight excluding hydrogens is 158 g/mol. The zero-order valence-corrected chi connectivity index (χ0v) is 6.96. The van der Waals surface area contributed by atoms with E-state index in [0.717, 1.165) is 0 Å². The molecule has 0 aromatic heterocycles. The van der Waals surface area contributed by atoms with Gasteiger partial charge in [-0.2, -0.15) is 0 Å². The van der Waals surface area contributed by atoms with Crippen LogP contribution in [0, 0.1) is 0 Å². The number of ketones is 1. The first-order valence-corrected chi connectivity index (χ1v) is 3.50. The van der Waals surface area contributed by atoms with Crippen LogP contribution in [0.4, 0.5) is 0 Å². The molecule has 0 unspecified atom stereocenters. The van der Waals surface area contributed by atoms with Crippen molar-refractivity contribution in [2.45, 2.75) is 13.3 Å². The Hall–Kier alpha value is -1.45. The Morgan fingerprint density at radius 1 is 1.67 bits per heavy atom. The smallest absolute Gasteiger partial charge is 0.335 e. The highest BCUT2D eigenvalue weighted by atomic mass is 16.5. The molecule has 0 saturated carbocycles. The van der Waals surface area contributed by atoms with Gasteiger partial charge in [-0.3, -0.25) is 9.79 Å². The lowest BCUT2D eigenvalue weighted by Crippen LogP contribution is -2.18. The molecule has 0 amide bonds. The number of Topliss-reactive ketones (excluding diaryl/α,β-unsaturated/α-hetero) is 1. The van der Waals surface area contributed by atoms with Crippen molar-refractivity contribution in [3.63, 3.8) is 0 Å². The number of carbonyl (C=O) groups is 2. The van der Waals surface area contributed by atoms with E-state index in [9.17, 15) is 9.59 Å². The molecule has 4 nitrogen and oxygen atoms in total. The fourth-order valence-electron chi connectivity index (χ4n) is 0.849. The van der Waals surface area contributed by atoms with Crippen molar-refractivity contribution in [3.8, 4) is 0 Å². The van der Waals surface area contributed by atoms with Crippen LogP contribution >= 0.6 is 0 Å². The molecule has 1 heterocycles. The van der Waals surface area contributed by atoms with E-state index in [1.165, 1.54) is 13.3 Å². The van der Waals surface area contributed by atoms with Crippen LogP contribution in [-0.2, 0) is 14.3 Å². The minimum absolute atomic E-state index is 0.0992. The fraction of sp³-hybridized carbons (Fsp3) is 0.375. The molecule has 0 spiro atoms. The quantitative estimate of drug-likeness (QED) is 0.533. The Bertz CT molecular complexity index is 289. The summed E-state index contributed by atoms with van der Waals surface area (Å²) in [5, 5.41) is 0. The number of hydrogen-bond acceptors (Lipinski definition) is 4. The van der Waals surface area contributed by atoms with Crippen LogP contribution in [0.25, 0.3) is 0 Å². The standard InChI is InChI=1S/C8H9NO3/c1-5-7(10)3-6(4-9-5)8(11)12-2/h4H,3H2,1-2H3. The van der Waals surface area contributed by atoms with Gasteiger partial charge < -0.3 is 4.74 Å². The van der Waals surface area contributed by atoms with Gasteiger partial charge in [-0.1, -0.05) is 0 Å². The maximum atomic E-state index is 11.0. The number of aliphatic imine (C=N–C) groups is 1. The fourth-order valence-corrected chi connectivity index (χ4v) is 0.849. The lowest BCUT2D eigenvalue weighted by Gasteiger charge is -2.07. The summed E-state index contributed by atoms with van der Waals surface area (Å²) in [6, 6.07) is 0. The third-order valence-electron chi connectivity index (χ3n) is 1.62. The summed E-state index contributed by atoms with van der Waals surface area (Å²) in [5.74, 6) is -0.613. The summed E-state index contributed by atoms with van der Waals surface area (Å²) in [6.45, 7) is 1.62. The molecule has 12 heavy (non-hydrogen) atoms. The topological polar surface area (TPSA) is 55.7 Å². The minimum atomic E-state index is -0.486. The zero-order valence-electron chi connectivity index (χ0n) is 6.96. The predicted octanol–water partition coefficient (Wildman–Crippen LogP) is 0.477. The van der Waals surface area contributed by atoms with E-state index in [0.29, 0.717) is 11.3 Å². The molecule has 1 aliphatic heterocycles. The van der Waals surface area contributed by atoms with Gasteiger partial charge in [0.2, 0.25) is 0 Å². The number of ether oxygens (including phenoxy) is 1. The van der Waals surface area contributed by atoms with Crippen LogP contribution in [0.2, 0.25) is 0 Å². The van der Waals surface area contributed by atoms with E-state index in [4.69, 9.17) is 0 Å². The highest BCUT2D eigenvalue weighted by molar-refractivity contribution is 6.40. The number of carbonyl (C=O) groups excluding carboxylic acids is 2. The van der Waals surface area contributed by atoms with Crippen LogP contribution in [0.15, 0.2) is 16.8 Å². The zero-order chi connectivity index (χ0) is 9.14. The molecule has 1 rings (SSSR count). The summed E-state index contributed by atoms with van der Waals surface area (Å²) < 4.78 is 4.44. The lowest BCUT2D eigenvalue weighted by molar-refractivity contribution is -0.136. The molecular formula is C8H9NO3. The van der Waals surface area contributed by atoms with Crippen LogP contribution in [0.3, 0.4) is 0 Å². The second-order valence-corrected chi connectivity index (χ2v) is 2.46. The molecule has 0 atom stereocenters. The molecule has 0 aromatic rings. The monoisotopic (exact) mass is 167 g/mol. The van der Waals surface area contributed by atoms with Crippen LogP contribution < -0.4 is 0 Å². The Labute approximate surface area is 69.9 Å². The molecule has 0 saturated heterocycles. The van der Waals surface area contributed by atoms with E-state index >= 15 is 0 Å². The maximum absolute atomic E-state index is 11.0. The van der Waals surface area contributed by atoms with Gasteiger partial charge in [0.25, 0.3) is 0 Å². The molecule has 0 radical (unpaired) electrons. The highest BCUT2D eigenvalue weighted by Crippen LogP contribution is 2.10. The minimum Gasteiger partial charge on any atom is -0.466 e. The molecule has 4 heteroatoms. The van der Waals surface area contributed by atoms with E-state index in [1.54, 1.807) is 6.92 Å². The number of hydrogen-bond donors (Lipinski definition) is 0. The van der Waals surface area contributed by atoms with Gasteiger partial charge >= 0.3 is 5.97 Å². The third-order valence-corrected chi connectivity index (χ3v) is 1.62. The highest BCUT2D eigenvalue weighted by Gasteiger charge is 2.19. The molecule has 1 aliphatic rings. The van der Waals surface area contributed by atoms with Crippen molar-refractivity contribution >= 4 is 17.5 Å². The number of rotatable bonds is 1. The predicted molar refractivity (Wildman–Crippen MR) is 42.8 cm³/mol. The maximum Gasteiger partial charge on any atom is 0.335 e. The van der Waals surface area contributed by atoms with E-state index in [-0.39, 0.29) is 12.2 Å². The normalized spacial score (nSPS) is 16.7. The molecule has 0 N–H and O–H groups in total. The van der Waals surface area contributed by atoms with Crippen molar-refractivity contribution in [3.05, 3.63) is 11.8 Å². The lowest BCUT2D eigenvalue weighted by atomic mass is 10.1. The van der Waals surface area contributed by atoms with Crippen LogP contribution in [0.1, 0.15) is 13.3 Å². The number of methoxy groups -OCH3 is 1. The largest absolute Gasteiger partial charge is 0.466 e. The molecule has 0 fully saturated rings. The van der Waals surface area contributed by atoms with Crippen LogP contribution in [0.5, 0.6) is 0 Å². The van der Waals surface area contributed by atoms with E-state index < -0.39 is 5.97 Å². The van der Waals surface area contributed by atoms with Gasteiger partial charge in [0.1, 0.15) is 0 Å². The molecule has 0 aromatic carbocycles. The van der Waals surface area contributed by atoms with Crippen molar-refractivity contribution in [2.75, 3.05) is 7.11 Å². The first kappa shape index (κ1) is 8.64. The van der Waals surface area contributed by atoms with Crippen molar-refractivity contribution in [1.82, 2.24) is 0 Å². The summed E-state index contributed by atoms with van der Waals surface area (Å²) in [4.78, 5) is 25.7. The van der Waals surface area contributed by atoms with Crippen molar-refractivity contribution < 1.29 is 14.3 Å². The van der Waals surface area contributed by atoms with Crippen molar-refractivity contribution in [2.24, 2.45) is 4.99 Å². The Balaban J connectivity index is 2.84. The Kier molecular flexibility index (Phi) is 2.38. The SMILES string of the molecule is COC(=O)C1=CN=C(C)C(=O)C1. The van der Waals surface area contributed by atoms with Gasteiger partial charge in [-0.05, 0) is 6.92 Å². The molecule has 0 bridgehead atoms.